The Morgan fingerprint density at radius 2 is 2.04 bits per heavy atom. The highest BCUT2D eigenvalue weighted by molar-refractivity contribution is 7.16. The molecule has 0 saturated heterocycles. The molecule has 1 atom stereocenters. The largest absolute Gasteiger partial charge is 0.483 e. The number of aryl methyl sites for hydroxylation is 1. The Balaban J connectivity index is 1.75. The van der Waals surface area contributed by atoms with Crippen molar-refractivity contribution in [2.45, 2.75) is 20.0 Å². The Hall–Kier alpha value is -2.44. The highest BCUT2D eigenvalue weighted by Gasteiger charge is 2.17. The van der Waals surface area contributed by atoms with E-state index >= 15 is 0 Å². The van der Waals surface area contributed by atoms with Gasteiger partial charge in [0.25, 0.3) is 5.56 Å². The van der Waals surface area contributed by atoms with Crippen LogP contribution in [0, 0.1) is 6.92 Å². The van der Waals surface area contributed by atoms with Crippen molar-refractivity contribution in [1.82, 2.24) is 14.6 Å². The first kappa shape index (κ1) is 16.1. The van der Waals surface area contributed by atoms with Crippen LogP contribution in [0.15, 0.2) is 47.3 Å². The zero-order valence-electron chi connectivity index (χ0n) is 13.6. The molecule has 0 N–H and O–H groups in total. The van der Waals surface area contributed by atoms with Gasteiger partial charge in [-0.1, -0.05) is 35.1 Å². The van der Waals surface area contributed by atoms with E-state index in [9.17, 15) is 4.79 Å². The van der Waals surface area contributed by atoms with Crippen molar-refractivity contribution in [2.24, 2.45) is 0 Å². The minimum Gasteiger partial charge on any atom is -0.483 e. The molecule has 2 aromatic carbocycles. The van der Waals surface area contributed by atoms with Crippen LogP contribution >= 0.6 is 22.9 Å². The molecule has 0 amide bonds. The molecule has 0 aliphatic heterocycles. The van der Waals surface area contributed by atoms with Crippen LogP contribution in [0.1, 0.15) is 23.6 Å². The number of hydrogen-bond donors (Lipinski definition) is 0. The molecule has 0 radical (unpaired) electrons. The molecule has 0 saturated carbocycles. The van der Waals surface area contributed by atoms with Crippen LogP contribution in [-0.4, -0.2) is 14.6 Å². The monoisotopic (exact) mass is 371 g/mol. The molecule has 7 heteroatoms. The minimum atomic E-state index is -0.311. The van der Waals surface area contributed by atoms with Crippen LogP contribution in [0.5, 0.6) is 5.75 Å². The predicted molar refractivity (Wildman–Crippen MR) is 99.9 cm³/mol. The Bertz CT molecular complexity index is 1150. The van der Waals surface area contributed by atoms with Crippen molar-refractivity contribution in [2.75, 3.05) is 0 Å². The number of para-hydroxylation sites is 1. The molecular formula is C18H14ClN3O2S. The van der Waals surface area contributed by atoms with Gasteiger partial charge in [-0.05, 0) is 49.7 Å². The van der Waals surface area contributed by atoms with E-state index in [4.69, 9.17) is 16.3 Å². The van der Waals surface area contributed by atoms with Gasteiger partial charge in [0.2, 0.25) is 4.96 Å². The fourth-order valence-corrected chi connectivity index (χ4v) is 3.72. The first-order valence-corrected chi connectivity index (χ1v) is 8.94. The van der Waals surface area contributed by atoms with Crippen molar-refractivity contribution < 1.29 is 4.74 Å². The van der Waals surface area contributed by atoms with Gasteiger partial charge in [0.05, 0.1) is 10.9 Å². The van der Waals surface area contributed by atoms with Crippen molar-refractivity contribution >= 4 is 38.8 Å². The number of aromatic nitrogens is 3. The number of benzene rings is 2. The maximum Gasteiger partial charge on any atom is 0.283 e. The molecule has 2 heterocycles. The lowest BCUT2D eigenvalue weighted by molar-refractivity contribution is 0.223. The summed E-state index contributed by atoms with van der Waals surface area (Å²) < 4.78 is 7.34. The summed E-state index contributed by atoms with van der Waals surface area (Å²) in [6, 6.07) is 12.7. The first-order chi connectivity index (χ1) is 12.0. The zero-order valence-corrected chi connectivity index (χ0v) is 15.1. The normalized spacial score (nSPS) is 12.6. The molecule has 0 fully saturated rings. The van der Waals surface area contributed by atoms with E-state index in [1.54, 1.807) is 12.1 Å². The van der Waals surface area contributed by atoms with Crippen molar-refractivity contribution in [3.63, 3.8) is 0 Å². The van der Waals surface area contributed by atoms with E-state index in [0.29, 0.717) is 25.9 Å². The van der Waals surface area contributed by atoms with Gasteiger partial charge < -0.3 is 4.74 Å². The molecular weight excluding hydrogens is 358 g/mol. The number of rotatable bonds is 3. The first-order valence-electron chi connectivity index (χ1n) is 7.74. The third-order valence-electron chi connectivity index (χ3n) is 3.91. The fraction of sp³-hybridized carbons (Fsp3) is 0.167. The predicted octanol–water partition coefficient (Wildman–Crippen LogP) is 4.41. The molecule has 0 bridgehead atoms. The Morgan fingerprint density at radius 3 is 2.84 bits per heavy atom. The van der Waals surface area contributed by atoms with Crippen LogP contribution < -0.4 is 10.3 Å². The summed E-state index contributed by atoms with van der Waals surface area (Å²) >= 11 is 7.33. The maximum atomic E-state index is 12.6. The average Bonchev–Trinajstić information content (AvgIpc) is 3.02. The summed E-state index contributed by atoms with van der Waals surface area (Å²) in [4.78, 5) is 17.7. The van der Waals surface area contributed by atoms with E-state index in [1.807, 2.05) is 44.2 Å². The van der Waals surface area contributed by atoms with Crippen molar-refractivity contribution in [3.8, 4) is 5.75 Å². The summed E-state index contributed by atoms with van der Waals surface area (Å²) in [7, 11) is 0. The third kappa shape index (κ3) is 2.88. The SMILES string of the molecule is Cc1cc(Cl)ccc1OC(C)c1nn2c(=O)c3ccccc3nc2s1. The standard InChI is InChI=1S/C18H14ClN3O2S/c1-10-9-12(19)7-8-15(10)24-11(2)16-21-22-17(23)13-5-3-4-6-14(13)20-18(22)25-16/h3-9,11H,1-2H3. The van der Waals surface area contributed by atoms with E-state index in [-0.39, 0.29) is 11.7 Å². The fourth-order valence-electron chi connectivity index (χ4n) is 2.62. The maximum absolute atomic E-state index is 12.6. The van der Waals surface area contributed by atoms with Gasteiger partial charge in [0.15, 0.2) is 5.01 Å². The van der Waals surface area contributed by atoms with Gasteiger partial charge in [-0.2, -0.15) is 9.61 Å². The van der Waals surface area contributed by atoms with E-state index in [2.05, 4.69) is 10.1 Å². The quantitative estimate of drug-likeness (QED) is 0.535. The number of hydrogen-bond acceptors (Lipinski definition) is 5. The molecule has 0 aliphatic rings. The van der Waals surface area contributed by atoms with Gasteiger partial charge >= 0.3 is 0 Å². The summed E-state index contributed by atoms with van der Waals surface area (Å²) in [6.45, 7) is 3.83. The molecule has 1 unspecified atom stereocenters. The summed E-state index contributed by atoms with van der Waals surface area (Å²) in [5.74, 6) is 0.738. The highest BCUT2D eigenvalue weighted by Crippen LogP contribution is 2.29. The molecule has 5 nitrogen and oxygen atoms in total. The lowest BCUT2D eigenvalue weighted by Crippen LogP contribution is -2.15. The van der Waals surface area contributed by atoms with Gasteiger partial charge in [0, 0.05) is 5.02 Å². The Kier molecular flexibility index (Phi) is 3.94. The summed E-state index contributed by atoms with van der Waals surface area (Å²) in [6.07, 6.45) is -0.311. The minimum absolute atomic E-state index is 0.169. The number of nitrogens with zero attached hydrogens (tertiary/aromatic N) is 3. The topological polar surface area (TPSA) is 56.5 Å². The molecule has 0 spiro atoms. The van der Waals surface area contributed by atoms with Gasteiger partial charge in [-0.3, -0.25) is 4.79 Å². The van der Waals surface area contributed by atoms with Crippen LogP contribution in [-0.2, 0) is 0 Å². The van der Waals surface area contributed by atoms with Gasteiger partial charge in [0.1, 0.15) is 11.9 Å². The number of fused-ring (bicyclic) bond motifs is 2. The van der Waals surface area contributed by atoms with E-state index in [0.717, 1.165) is 11.3 Å². The number of halogens is 1. The van der Waals surface area contributed by atoms with Crippen LogP contribution in [0.2, 0.25) is 5.02 Å². The smallest absolute Gasteiger partial charge is 0.283 e. The van der Waals surface area contributed by atoms with Crippen LogP contribution in [0.25, 0.3) is 15.9 Å². The van der Waals surface area contributed by atoms with Crippen LogP contribution in [0.4, 0.5) is 0 Å². The second kappa shape index (κ2) is 6.13. The lowest BCUT2D eigenvalue weighted by atomic mass is 10.2. The Morgan fingerprint density at radius 1 is 1.24 bits per heavy atom. The lowest BCUT2D eigenvalue weighted by Gasteiger charge is -2.13. The molecule has 0 aliphatic carbocycles. The van der Waals surface area contributed by atoms with E-state index in [1.165, 1.54) is 15.9 Å². The molecule has 126 valence electrons. The Labute approximate surface area is 152 Å². The average molecular weight is 372 g/mol. The number of ether oxygens (including phenoxy) is 1. The van der Waals surface area contributed by atoms with Gasteiger partial charge in [-0.25, -0.2) is 4.98 Å². The molecule has 25 heavy (non-hydrogen) atoms. The second-order valence-corrected chi connectivity index (χ2v) is 7.16. The van der Waals surface area contributed by atoms with E-state index < -0.39 is 0 Å². The summed E-state index contributed by atoms with van der Waals surface area (Å²) in [5.41, 5.74) is 1.45. The molecule has 2 aromatic heterocycles. The summed E-state index contributed by atoms with van der Waals surface area (Å²) in [5, 5.41) is 6.33. The third-order valence-corrected chi connectivity index (χ3v) is 5.21. The molecule has 4 aromatic rings. The van der Waals surface area contributed by atoms with Crippen molar-refractivity contribution in [3.05, 3.63) is 68.4 Å². The van der Waals surface area contributed by atoms with Crippen molar-refractivity contribution in [1.29, 1.82) is 0 Å². The van der Waals surface area contributed by atoms with Crippen LogP contribution in [0.3, 0.4) is 0 Å². The second-order valence-electron chi connectivity index (χ2n) is 5.74. The highest BCUT2D eigenvalue weighted by atomic mass is 35.5. The van der Waals surface area contributed by atoms with Gasteiger partial charge in [-0.15, -0.1) is 0 Å². The molecule has 4 rings (SSSR count). The zero-order chi connectivity index (χ0) is 17.6.